The molecule has 0 fully saturated rings. The number of hydrogen-bond donors (Lipinski definition) is 0. The summed E-state index contributed by atoms with van der Waals surface area (Å²) in [4.78, 5) is 0. The lowest BCUT2D eigenvalue weighted by Crippen LogP contribution is -2.32. The lowest BCUT2D eigenvalue weighted by Gasteiger charge is -2.28. The number of aryl methyl sites for hydroxylation is 1. The van der Waals surface area contributed by atoms with Crippen LogP contribution in [0.4, 0.5) is 17.6 Å². The molecule has 0 saturated heterocycles. The molecular formula is C18H28F4. The SMILES string of the molecule is CC(C)CCC(C)(C)C(F)(F)F.CCCc1ccc(F)cc1. The summed E-state index contributed by atoms with van der Waals surface area (Å²) in [6.45, 7) is 8.51. The van der Waals surface area contributed by atoms with Crippen LogP contribution in [0.25, 0.3) is 0 Å². The van der Waals surface area contributed by atoms with Crippen LogP contribution in [0.5, 0.6) is 0 Å². The van der Waals surface area contributed by atoms with Gasteiger partial charge in [0, 0.05) is 0 Å². The Balaban J connectivity index is 0.000000406. The molecule has 0 bridgehead atoms. The predicted molar refractivity (Wildman–Crippen MR) is 84.3 cm³/mol. The molecule has 4 heteroatoms. The van der Waals surface area contributed by atoms with Crippen LogP contribution in [-0.2, 0) is 6.42 Å². The Hall–Kier alpha value is -1.06. The van der Waals surface area contributed by atoms with Gasteiger partial charge in [-0.15, -0.1) is 0 Å². The van der Waals surface area contributed by atoms with E-state index in [0.717, 1.165) is 12.8 Å². The number of halogens is 4. The van der Waals surface area contributed by atoms with Gasteiger partial charge in [0.05, 0.1) is 5.41 Å². The smallest absolute Gasteiger partial charge is 0.207 e. The minimum absolute atomic E-state index is 0.153. The van der Waals surface area contributed by atoms with Crippen LogP contribution in [0.3, 0.4) is 0 Å². The van der Waals surface area contributed by atoms with Gasteiger partial charge in [0.2, 0.25) is 0 Å². The van der Waals surface area contributed by atoms with E-state index in [1.165, 1.54) is 31.5 Å². The lowest BCUT2D eigenvalue weighted by molar-refractivity contribution is -0.214. The highest BCUT2D eigenvalue weighted by molar-refractivity contribution is 5.15. The van der Waals surface area contributed by atoms with E-state index in [4.69, 9.17) is 0 Å². The highest BCUT2D eigenvalue weighted by atomic mass is 19.4. The van der Waals surface area contributed by atoms with Crippen molar-refractivity contribution >= 4 is 0 Å². The Morgan fingerprint density at radius 2 is 1.50 bits per heavy atom. The van der Waals surface area contributed by atoms with Gasteiger partial charge in [-0.25, -0.2) is 4.39 Å². The van der Waals surface area contributed by atoms with Crippen LogP contribution < -0.4 is 0 Å². The highest BCUT2D eigenvalue weighted by Gasteiger charge is 2.46. The number of alkyl halides is 3. The van der Waals surface area contributed by atoms with Gasteiger partial charge in [-0.3, -0.25) is 0 Å². The molecule has 128 valence electrons. The topological polar surface area (TPSA) is 0 Å². The zero-order valence-corrected chi connectivity index (χ0v) is 14.2. The highest BCUT2D eigenvalue weighted by Crippen LogP contribution is 2.41. The normalized spacial score (nSPS) is 12.1. The van der Waals surface area contributed by atoms with Crippen molar-refractivity contribution < 1.29 is 17.6 Å². The molecule has 0 nitrogen and oxygen atoms in total. The molecule has 0 heterocycles. The largest absolute Gasteiger partial charge is 0.393 e. The van der Waals surface area contributed by atoms with Gasteiger partial charge >= 0.3 is 6.18 Å². The third kappa shape index (κ3) is 8.40. The van der Waals surface area contributed by atoms with Crippen molar-refractivity contribution in [3.63, 3.8) is 0 Å². The average Bonchev–Trinajstić information content (AvgIpc) is 2.39. The van der Waals surface area contributed by atoms with Crippen molar-refractivity contribution in [3.8, 4) is 0 Å². The summed E-state index contributed by atoms with van der Waals surface area (Å²) in [6.07, 6.45) is -1.06. The first-order valence-electron chi connectivity index (χ1n) is 7.80. The van der Waals surface area contributed by atoms with Crippen LogP contribution in [0, 0.1) is 17.2 Å². The van der Waals surface area contributed by atoms with Crippen LogP contribution in [0.15, 0.2) is 24.3 Å². The molecule has 0 aliphatic carbocycles. The van der Waals surface area contributed by atoms with Gasteiger partial charge in [0.15, 0.2) is 0 Å². The molecule has 22 heavy (non-hydrogen) atoms. The second kappa shape index (κ2) is 9.16. The van der Waals surface area contributed by atoms with Gasteiger partial charge in [-0.2, -0.15) is 13.2 Å². The Kier molecular flexibility index (Phi) is 8.72. The first kappa shape index (κ1) is 20.9. The Bertz CT molecular complexity index is 402. The third-order valence-electron chi connectivity index (χ3n) is 3.57. The zero-order chi connectivity index (χ0) is 17.4. The lowest BCUT2D eigenvalue weighted by atomic mass is 9.85. The molecule has 1 rings (SSSR count). The third-order valence-corrected chi connectivity index (χ3v) is 3.57. The number of benzene rings is 1. The maximum absolute atomic E-state index is 12.3. The van der Waals surface area contributed by atoms with Crippen LogP contribution in [0.1, 0.15) is 59.4 Å². The van der Waals surface area contributed by atoms with Gasteiger partial charge < -0.3 is 0 Å². The van der Waals surface area contributed by atoms with Gasteiger partial charge in [0.25, 0.3) is 0 Å². The van der Waals surface area contributed by atoms with Crippen LogP contribution in [0.2, 0.25) is 0 Å². The Labute approximate surface area is 131 Å². The second-order valence-electron chi connectivity index (χ2n) is 6.69. The Morgan fingerprint density at radius 1 is 1.00 bits per heavy atom. The molecule has 0 atom stereocenters. The van der Waals surface area contributed by atoms with E-state index >= 15 is 0 Å². The van der Waals surface area contributed by atoms with Gasteiger partial charge in [-0.1, -0.05) is 59.6 Å². The van der Waals surface area contributed by atoms with E-state index in [0.29, 0.717) is 12.3 Å². The summed E-state index contributed by atoms with van der Waals surface area (Å²) in [5.74, 6) is 0.187. The molecule has 0 N–H and O–H groups in total. The molecule has 0 radical (unpaired) electrons. The summed E-state index contributed by atoms with van der Waals surface area (Å²) >= 11 is 0. The van der Waals surface area contributed by atoms with E-state index in [1.807, 2.05) is 26.0 Å². The molecule has 0 unspecified atom stereocenters. The quantitative estimate of drug-likeness (QED) is 0.524. The van der Waals surface area contributed by atoms with Crippen molar-refractivity contribution in [2.45, 2.75) is 66.5 Å². The maximum Gasteiger partial charge on any atom is 0.393 e. The van der Waals surface area contributed by atoms with E-state index in [1.54, 1.807) is 0 Å². The molecule has 0 amide bonds. The van der Waals surface area contributed by atoms with Gasteiger partial charge in [-0.05, 0) is 36.5 Å². The summed E-state index contributed by atoms with van der Waals surface area (Å²) in [5.41, 5.74) is -0.319. The summed E-state index contributed by atoms with van der Waals surface area (Å²) in [5, 5.41) is 0. The molecule has 0 aromatic heterocycles. The Morgan fingerprint density at radius 3 is 1.86 bits per heavy atom. The average molecular weight is 320 g/mol. The summed E-state index contributed by atoms with van der Waals surface area (Å²) < 4.78 is 49.2. The first-order valence-corrected chi connectivity index (χ1v) is 7.80. The fourth-order valence-electron chi connectivity index (χ4n) is 1.73. The van der Waals surface area contributed by atoms with E-state index in [-0.39, 0.29) is 12.2 Å². The number of rotatable bonds is 5. The second-order valence-corrected chi connectivity index (χ2v) is 6.69. The summed E-state index contributed by atoms with van der Waals surface area (Å²) in [6, 6.07) is 6.67. The van der Waals surface area contributed by atoms with Crippen molar-refractivity contribution in [1.82, 2.24) is 0 Å². The zero-order valence-electron chi connectivity index (χ0n) is 14.2. The van der Waals surface area contributed by atoms with E-state index in [2.05, 4.69) is 6.92 Å². The fraction of sp³-hybridized carbons (Fsp3) is 0.667. The predicted octanol–water partition coefficient (Wildman–Crippen LogP) is 6.79. The molecule has 1 aromatic carbocycles. The molecule has 1 aromatic rings. The van der Waals surface area contributed by atoms with Crippen LogP contribution >= 0.6 is 0 Å². The molecule has 0 spiro atoms. The van der Waals surface area contributed by atoms with Crippen molar-refractivity contribution in [3.05, 3.63) is 35.6 Å². The number of hydrogen-bond acceptors (Lipinski definition) is 0. The minimum atomic E-state index is -4.07. The van der Waals surface area contributed by atoms with E-state index < -0.39 is 11.6 Å². The van der Waals surface area contributed by atoms with Gasteiger partial charge in [0.1, 0.15) is 5.82 Å². The van der Waals surface area contributed by atoms with Crippen molar-refractivity contribution in [1.29, 1.82) is 0 Å². The van der Waals surface area contributed by atoms with E-state index in [9.17, 15) is 17.6 Å². The van der Waals surface area contributed by atoms with Crippen LogP contribution in [-0.4, -0.2) is 6.18 Å². The molecule has 0 aliphatic heterocycles. The first-order chi connectivity index (χ1) is 9.99. The van der Waals surface area contributed by atoms with Crippen molar-refractivity contribution in [2.24, 2.45) is 11.3 Å². The molecule has 0 saturated carbocycles. The monoisotopic (exact) mass is 320 g/mol. The summed E-state index contributed by atoms with van der Waals surface area (Å²) in [7, 11) is 0. The molecule has 0 aliphatic rings. The maximum atomic E-state index is 12.3. The standard InChI is InChI=1S/C9H17F3.C9H11F/c1-7(2)5-6-8(3,4)9(10,11)12;1-2-3-8-4-6-9(10)7-5-8/h7H,5-6H2,1-4H3;4-7H,2-3H2,1H3. The fourth-order valence-corrected chi connectivity index (χ4v) is 1.73. The van der Waals surface area contributed by atoms with Crippen molar-refractivity contribution in [2.75, 3.05) is 0 Å². The minimum Gasteiger partial charge on any atom is -0.207 e. The molecular weight excluding hydrogens is 292 g/mol.